The molecule has 2 N–H and O–H groups in total. The van der Waals surface area contributed by atoms with Crippen molar-refractivity contribution in [3.8, 4) is 0 Å². The van der Waals surface area contributed by atoms with Gasteiger partial charge in [0, 0.05) is 26.3 Å². The van der Waals surface area contributed by atoms with Crippen LogP contribution < -0.4 is 10.9 Å². The van der Waals surface area contributed by atoms with Gasteiger partial charge in [0.2, 0.25) is 10.0 Å². The van der Waals surface area contributed by atoms with E-state index in [9.17, 15) is 18.0 Å². The molecule has 0 atom stereocenters. The lowest BCUT2D eigenvalue weighted by molar-refractivity contribution is 0.0951. The van der Waals surface area contributed by atoms with E-state index in [-0.39, 0.29) is 5.56 Å². The first-order chi connectivity index (χ1) is 8.82. The summed E-state index contributed by atoms with van der Waals surface area (Å²) in [5.74, 6) is -0.469. The highest BCUT2D eigenvalue weighted by atomic mass is 32.2. The molecule has 1 aromatic rings. The van der Waals surface area contributed by atoms with Gasteiger partial charge in [-0.25, -0.2) is 12.7 Å². The van der Waals surface area contributed by atoms with Crippen molar-refractivity contribution in [2.45, 2.75) is 6.42 Å². The Hall–Kier alpha value is -1.67. The topological polar surface area (TPSA) is 99.3 Å². The standard InChI is InChI=1S/C11H17N3O4S/c1-14(19(2,17)18)8-4-7-13-11(16)9-5-3-6-12-10(9)15/h3,5-6H,4,7-8H2,1-2H3,(H,12,15)(H,13,16). The highest BCUT2D eigenvalue weighted by Gasteiger charge is 2.11. The second kappa shape index (κ2) is 6.48. The molecule has 1 rings (SSSR count). The van der Waals surface area contributed by atoms with Crippen LogP contribution in [0.1, 0.15) is 16.8 Å². The van der Waals surface area contributed by atoms with E-state index in [4.69, 9.17) is 0 Å². The normalized spacial score (nSPS) is 11.5. The number of carbonyl (C=O) groups excluding carboxylic acids is 1. The van der Waals surface area contributed by atoms with Crippen molar-refractivity contribution in [3.63, 3.8) is 0 Å². The van der Waals surface area contributed by atoms with E-state index in [2.05, 4.69) is 10.3 Å². The number of aromatic amines is 1. The van der Waals surface area contributed by atoms with Crippen LogP contribution in [0.4, 0.5) is 0 Å². The molecule has 0 aliphatic rings. The second-order valence-electron chi connectivity index (χ2n) is 4.11. The van der Waals surface area contributed by atoms with E-state index in [0.29, 0.717) is 19.5 Å². The van der Waals surface area contributed by atoms with Gasteiger partial charge in [0.25, 0.3) is 11.5 Å². The molecule has 0 aromatic carbocycles. The van der Waals surface area contributed by atoms with Crippen molar-refractivity contribution in [2.24, 2.45) is 0 Å². The summed E-state index contributed by atoms with van der Waals surface area (Å²) in [5, 5.41) is 2.57. The minimum absolute atomic E-state index is 0.0407. The smallest absolute Gasteiger partial charge is 0.260 e. The number of carbonyl (C=O) groups is 1. The predicted octanol–water partition coefficient (Wildman–Crippen LogP) is -0.614. The third kappa shape index (κ3) is 4.84. The molecule has 19 heavy (non-hydrogen) atoms. The van der Waals surface area contributed by atoms with Crippen molar-refractivity contribution in [1.29, 1.82) is 0 Å². The van der Waals surface area contributed by atoms with E-state index in [1.807, 2.05) is 0 Å². The van der Waals surface area contributed by atoms with Gasteiger partial charge in [-0.1, -0.05) is 0 Å². The van der Waals surface area contributed by atoms with Crippen LogP contribution in [0.5, 0.6) is 0 Å². The maximum Gasteiger partial charge on any atom is 0.260 e. The van der Waals surface area contributed by atoms with Crippen LogP contribution in [0.2, 0.25) is 0 Å². The summed E-state index contributed by atoms with van der Waals surface area (Å²) in [6, 6.07) is 2.99. The largest absolute Gasteiger partial charge is 0.352 e. The molecular weight excluding hydrogens is 270 g/mol. The maximum atomic E-state index is 11.6. The van der Waals surface area contributed by atoms with E-state index in [1.54, 1.807) is 6.07 Å². The average Bonchev–Trinajstić information content (AvgIpc) is 2.33. The molecule has 7 nitrogen and oxygen atoms in total. The van der Waals surface area contributed by atoms with Gasteiger partial charge >= 0.3 is 0 Å². The van der Waals surface area contributed by atoms with Gasteiger partial charge < -0.3 is 10.3 Å². The van der Waals surface area contributed by atoms with Crippen LogP contribution in [0.15, 0.2) is 23.1 Å². The zero-order valence-corrected chi connectivity index (χ0v) is 11.7. The van der Waals surface area contributed by atoms with Crippen molar-refractivity contribution in [2.75, 3.05) is 26.4 Å². The zero-order chi connectivity index (χ0) is 14.5. The van der Waals surface area contributed by atoms with Gasteiger partial charge in [0.1, 0.15) is 5.56 Å². The Morgan fingerprint density at radius 1 is 1.47 bits per heavy atom. The summed E-state index contributed by atoms with van der Waals surface area (Å²) in [7, 11) is -1.73. The maximum absolute atomic E-state index is 11.6. The molecule has 0 spiro atoms. The van der Waals surface area contributed by atoms with Crippen molar-refractivity contribution in [1.82, 2.24) is 14.6 Å². The minimum Gasteiger partial charge on any atom is -0.352 e. The third-order valence-electron chi connectivity index (χ3n) is 2.56. The number of rotatable bonds is 6. The lowest BCUT2D eigenvalue weighted by Crippen LogP contribution is -2.33. The van der Waals surface area contributed by atoms with Crippen LogP contribution in [0.25, 0.3) is 0 Å². The Bertz CT molecular complexity index is 594. The summed E-state index contributed by atoms with van der Waals surface area (Å²) in [6.45, 7) is 0.608. The summed E-state index contributed by atoms with van der Waals surface area (Å²) >= 11 is 0. The predicted molar refractivity (Wildman–Crippen MR) is 71.5 cm³/mol. The van der Waals surface area contributed by atoms with E-state index in [1.165, 1.54) is 23.6 Å². The number of pyridine rings is 1. The quantitative estimate of drug-likeness (QED) is 0.681. The first-order valence-corrected chi connectivity index (χ1v) is 7.54. The number of sulfonamides is 1. The minimum atomic E-state index is -3.20. The zero-order valence-electron chi connectivity index (χ0n) is 10.8. The Morgan fingerprint density at radius 2 is 2.16 bits per heavy atom. The fourth-order valence-corrected chi connectivity index (χ4v) is 1.83. The van der Waals surface area contributed by atoms with Crippen molar-refractivity contribution < 1.29 is 13.2 Å². The van der Waals surface area contributed by atoms with Gasteiger partial charge in [-0.15, -0.1) is 0 Å². The molecule has 0 fully saturated rings. The van der Waals surface area contributed by atoms with Gasteiger partial charge in [0.15, 0.2) is 0 Å². The Kier molecular flexibility index (Phi) is 5.25. The first kappa shape index (κ1) is 15.4. The molecule has 0 saturated heterocycles. The Labute approximate surface area is 111 Å². The van der Waals surface area contributed by atoms with Crippen LogP contribution in [-0.4, -0.2) is 50.0 Å². The molecular formula is C11H17N3O4S. The number of amides is 1. The third-order valence-corrected chi connectivity index (χ3v) is 3.88. The lowest BCUT2D eigenvalue weighted by Gasteiger charge is -2.13. The number of nitrogens with one attached hydrogen (secondary N) is 2. The summed E-state index contributed by atoms with van der Waals surface area (Å²) in [6.07, 6.45) is 3.04. The Morgan fingerprint density at radius 3 is 2.74 bits per heavy atom. The highest BCUT2D eigenvalue weighted by Crippen LogP contribution is 1.95. The number of hydrogen-bond acceptors (Lipinski definition) is 4. The number of aromatic nitrogens is 1. The SMILES string of the molecule is CN(CCCNC(=O)c1ccc[nH]c1=O)S(C)(=O)=O. The van der Waals surface area contributed by atoms with E-state index in [0.717, 1.165) is 6.26 Å². The Balaban J connectivity index is 2.41. The molecule has 0 bridgehead atoms. The fourth-order valence-electron chi connectivity index (χ4n) is 1.37. The molecule has 0 saturated carbocycles. The van der Waals surface area contributed by atoms with Crippen molar-refractivity contribution >= 4 is 15.9 Å². The first-order valence-electron chi connectivity index (χ1n) is 5.69. The fraction of sp³-hybridized carbons (Fsp3) is 0.455. The molecule has 1 amide bonds. The van der Waals surface area contributed by atoms with Crippen LogP contribution in [0.3, 0.4) is 0 Å². The summed E-state index contributed by atoms with van der Waals surface area (Å²) in [4.78, 5) is 25.4. The van der Waals surface area contributed by atoms with E-state index >= 15 is 0 Å². The monoisotopic (exact) mass is 287 g/mol. The average molecular weight is 287 g/mol. The van der Waals surface area contributed by atoms with Gasteiger partial charge in [-0.2, -0.15) is 0 Å². The molecule has 8 heteroatoms. The van der Waals surface area contributed by atoms with Crippen molar-refractivity contribution in [3.05, 3.63) is 34.2 Å². The number of hydrogen-bond donors (Lipinski definition) is 2. The van der Waals surface area contributed by atoms with Crippen LogP contribution >= 0.6 is 0 Å². The van der Waals surface area contributed by atoms with Gasteiger partial charge in [0.05, 0.1) is 6.26 Å². The lowest BCUT2D eigenvalue weighted by atomic mass is 10.2. The number of H-pyrrole nitrogens is 1. The molecule has 0 unspecified atom stereocenters. The second-order valence-corrected chi connectivity index (χ2v) is 6.20. The van der Waals surface area contributed by atoms with Gasteiger partial charge in [-0.3, -0.25) is 9.59 Å². The van der Waals surface area contributed by atoms with Crippen LogP contribution in [-0.2, 0) is 10.0 Å². The molecule has 0 radical (unpaired) electrons. The number of nitrogens with zero attached hydrogens (tertiary/aromatic N) is 1. The van der Waals surface area contributed by atoms with E-state index < -0.39 is 21.5 Å². The summed E-state index contributed by atoms with van der Waals surface area (Å²) in [5.41, 5.74) is -0.410. The summed E-state index contributed by atoms with van der Waals surface area (Å²) < 4.78 is 23.4. The van der Waals surface area contributed by atoms with Crippen LogP contribution in [0, 0.1) is 0 Å². The molecule has 106 valence electrons. The molecule has 0 aliphatic heterocycles. The highest BCUT2D eigenvalue weighted by molar-refractivity contribution is 7.88. The molecule has 1 heterocycles. The molecule has 0 aliphatic carbocycles. The van der Waals surface area contributed by atoms with Gasteiger partial charge in [-0.05, 0) is 18.6 Å². The molecule has 1 aromatic heterocycles.